The van der Waals surface area contributed by atoms with Gasteiger partial charge in [0.05, 0.1) is 11.4 Å². The number of aryl methyl sites for hydroxylation is 1. The Balaban J connectivity index is 1.60. The molecule has 0 radical (unpaired) electrons. The lowest BCUT2D eigenvalue weighted by Crippen LogP contribution is -2.13. The Morgan fingerprint density at radius 2 is 0.974 bits per heavy atom. The monoisotopic (exact) mass is 519 g/mol. The molecule has 6 aromatic carbocycles. The fourth-order valence-electron chi connectivity index (χ4n) is 5.25. The van der Waals surface area contributed by atoms with Crippen molar-refractivity contribution in [2.45, 2.75) is 11.8 Å². The number of hydrogen-bond acceptors (Lipinski definition) is 2. The van der Waals surface area contributed by atoms with Crippen molar-refractivity contribution in [3.05, 3.63) is 157 Å². The number of anilines is 3. The number of para-hydroxylation sites is 1. The van der Waals surface area contributed by atoms with Gasteiger partial charge in [0.15, 0.2) is 0 Å². The number of hydrogen-bond donors (Lipinski definition) is 1. The zero-order valence-electron chi connectivity index (χ0n) is 21.8. The van der Waals surface area contributed by atoms with Crippen LogP contribution < -0.4 is 4.90 Å². The fourth-order valence-corrected chi connectivity index (χ4v) is 5.52. The summed E-state index contributed by atoms with van der Waals surface area (Å²) >= 11 is 4.86. The van der Waals surface area contributed by atoms with E-state index in [9.17, 15) is 0 Å². The molecule has 0 N–H and O–H groups in total. The number of rotatable bonds is 6. The molecule has 1 nitrogen and oxygen atoms in total. The predicted octanol–water partition coefficient (Wildman–Crippen LogP) is 10.8. The van der Waals surface area contributed by atoms with Crippen LogP contribution in [0.15, 0.2) is 157 Å². The van der Waals surface area contributed by atoms with Crippen LogP contribution in [-0.4, -0.2) is 0 Å². The van der Waals surface area contributed by atoms with Gasteiger partial charge in [0.25, 0.3) is 0 Å². The SMILES string of the molecule is Cc1cccc(N(c2ccc(-c3ccccc3)cc2)c2ccccc2-c2ccccc2)c1-c1ccccc1S. The van der Waals surface area contributed by atoms with Crippen molar-refractivity contribution in [1.29, 1.82) is 0 Å². The minimum absolute atomic E-state index is 0.962. The maximum Gasteiger partial charge on any atom is 0.0543 e. The van der Waals surface area contributed by atoms with Gasteiger partial charge in [0.2, 0.25) is 0 Å². The third-order valence-corrected chi connectivity index (χ3v) is 7.52. The lowest BCUT2D eigenvalue weighted by Gasteiger charge is -2.31. The molecule has 0 aliphatic heterocycles. The minimum atomic E-state index is 0.962. The van der Waals surface area contributed by atoms with Crippen molar-refractivity contribution in [2.75, 3.05) is 4.90 Å². The summed E-state index contributed by atoms with van der Waals surface area (Å²) in [6.45, 7) is 2.18. The second-order valence-corrected chi connectivity index (χ2v) is 10.1. The largest absolute Gasteiger partial charge is 0.309 e. The van der Waals surface area contributed by atoms with Gasteiger partial charge in [-0.2, -0.15) is 0 Å². The van der Waals surface area contributed by atoms with Crippen molar-refractivity contribution in [2.24, 2.45) is 0 Å². The molecule has 0 aliphatic carbocycles. The summed E-state index contributed by atoms with van der Waals surface area (Å²) in [5.41, 5.74) is 11.6. The summed E-state index contributed by atoms with van der Waals surface area (Å²) in [6, 6.07) is 53.6. The summed E-state index contributed by atoms with van der Waals surface area (Å²) < 4.78 is 0. The molecule has 0 heterocycles. The topological polar surface area (TPSA) is 3.24 Å². The standard InChI is InChI=1S/C37H29NS/c1-27-13-12-21-35(37(27)33-19-9-11-22-36(33)39)38(31-25-23-29(24-26-31)28-14-4-2-5-15-28)34-20-10-8-18-32(34)30-16-6-3-7-17-30/h2-26,39H,1H3. The first-order chi connectivity index (χ1) is 19.2. The highest BCUT2D eigenvalue weighted by molar-refractivity contribution is 7.80. The molecule has 0 unspecified atom stereocenters. The molecular formula is C37H29NS. The Labute approximate surface area is 236 Å². The van der Waals surface area contributed by atoms with E-state index in [1.807, 2.05) is 6.07 Å². The number of benzene rings is 6. The second-order valence-electron chi connectivity index (χ2n) is 9.62. The molecule has 0 fully saturated rings. The van der Waals surface area contributed by atoms with Gasteiger partial charge < -0.3 is 4.90 Å². The van der Waals surface area contributed by atoms with E-state index < -0.39 is 0 Å². The van der Waals surface area contributed by atoms with Crippen LogP contribution in [0, 0.1) is 6.92 Å². The van der Waals surface area contributed by atoms with Gasteiger partial charge >= 0.3 is 0 Å². The molecule has 2 heteroatoms. The van der Waals surface area contributed by atoms with Crippen LogP contribution in [0.25, 0.3) is 33.4 Å². The molecule has 0 amide bonds. The predicted molar refractivity (Wildman–Crippen MR) is 169 cm³/mol. The van der Waals surface area contributed by atoms with Gasteiger partial charge in [-0.15, -0.1) is 12.6 Å². The van der Waals surface area contributed by atoms with Gasteiger partial charge in [-0.3, -0.25) is 0 Å². The highest BCUT2D eigenvalue weighted by Crippen LogP contribution is 2.46. The lowest BCUT2D eigenvalue weighted by molar-refractivity contribution is 1.26. The molecule has 0 saturated carbocycles. The molecule has 0 aliphatic rings. The second kappa shape index (κ2) is 11.1. The van der Waals surface area contributed by atoms with Crippen molar-refractivity contribution < 1.29 is 0 Å². The third-order valence-electron chi connectivity index (χ3n) is 7.13. The quantitative estimate of drug-likeness (QED) is 0.214. The van der Waals surface area contributed by atoms with E-state index in [2.05, 4.69) is 157 Å². The molecule has 6 aromatic rings. The van der Waals surface area contributed by atoms with Crippen LogP contribution in [-0.2, 0) is 0 Å². The normalized spacial score (nSPS) is 10.8. The molecule has 0 atom stereocenters. The first kappa shape index (κ1) is 24.8. The Morgan fingerprint density at radius 1 is 0.436 bits per heavy atom. The molecule has 39 heavy (non-hydrogen) atoms. The Morgan fingerprint density at radius 3 is 1.67 bits per heavy atom. The molecular weight excluding hydrogens is 490 g/mol. The third kappa shape index (κ3) is 4.99. The number of thiol groups is 1. The van der Waals surface area contributed by atoms with Crippen LogP contribution in [0.4, 0.5) is 17.1 Å². The summed E-state index contributed by atoms with van der Waals surface area (Å²) in [7, 11) is 0. The molecule has 6 rings (SSSR count). The van der Waals surface area contributed by atoms with Crippen LogP contribution in [0.5, 0.6) is 0 Å². The molecule has 0 bridgehead atoms. The first-order valence-corrected chi connectivity index (χ1v) is 13.6. The average Bonchev–Trinajstić information content (AvgIpc) is 3.00. The van der Waals surface area contributed by atoms with Crippen LogP contribution >= 0.6 is 12.6 Å². The van der Waals surface area contributed by atoms with Gasteiger partial charge in [0.1, 0.15) is 0 Å². The number of nitrogens with zero attached hydrogens (tertiary/aromatic N) is 1. The zero-order valence-corrected chi connectivity index (χ0v) is 22.7. The van der Waals surface area contributed by atoms with E-state index in [0.717, 1.165) is 27.5 Å². The van der Waals surface area contributed by atoms with E-state index in [1.165, 1.54) is 33.4 Å². The highest BCUT2D eigenvalue weighted by atomic mass is 32.1. The van der Waals surface area contributed by atoms with E-state index in [0.29, 0.717) is 0 Å². The summed E-state index contributed by atoms with van der Waals surface area (Å²) in [5.74, 6) is 0. The van der Waals surface area contributed by atoms with Crippen molar-refractivity contribution in [3.63, 3.8) is 0 Å². The van der Waals surface area contributed by atoms with Crippen molar-refractivity contribution in [3.8, 4) is 33.4 Å². The summed E-state index contributed by atoms with van der Waals surface area (Å²) in [4.78, 5) is 3.35. The maximum absolute atomic E-state index is 4.86. The van der Waals surface area contributed by atoms with Gasteiger partial charge in [-0.1, -0.05) is 121 Å². The van der Waals surface area contributed by atoms with Crippen molar-refractivity contribution >= 4 is 29.7 Å². The molecule has 188 valence electrons. The van der Waals surface area contributed by atoms with Gasteiger partial charge in [-0.05, 0) is 65.1 Å². The summed E-state index contributed by atoms with van der Waals surface area (Å²) in [5, 5.41) is 0. The zero-order chi connectivity index (χ0) is 26.6. The minimum Gasteiger partial charge on any atom is -0.309 e. The molecule has 0 aromatic heterocycles. The average molecular weight is 520 g/mol. The Kier molecular flexibility index (Phi) is 7.03. The van der Waals surface area contributed by atoms with Crippen LogP contribution in [0.2, 0.25) is 0 Å². The van der Waals surface area contributed by atoms with Gasteiger partial charge in [0, 0.05) is 21.7 Å². The van der Waals surface area contributed by atoms with Crippen molar-refractivity contribution in [1.82, 2.24) is 0 Å². The van der Waals surface area contributed by atoms with Crippen LogP contribution in [0.1, 0.15) is 5.56 Å². The Hall–Kier alpha value is -4.53. The smallest absolute Gasteiger partial charge is 0.0543 e. The molecule has 0 spiro atoms. The van der Waals surface area contributed by atoms with E-state index in [-0.39, 0.29) is 0 Å². The first-order valence-electron chi connectivity index (χ1n) is 13.2. The summed E-state index contributed by atoms with van der Waals surface area (Å²) in [6.07, 6.45) is 0. The van der Waals surface area contributed by atoms with E-state index >= 15 is 0 Å². The van der Waals surface area contributed by atoms with E-state index in [4.69, 9.17) is 12.6 Å². The maximum atomic E-state index is 4.86. The lowest BCUT2D eigenvalue weighted by atomic mass is 9.95. The van der Waals surface area contributed by atoms with Crippen LogP contribution in [0.3, 0.4) is 0 Å². The fraction of sp³-hybridized carbons (Fsp3) is 0.0270. The highest BCUT2D eigenvalue weighted by Gasteiger charge is 2.22. The Bertz CT molecular complexity index is 1710. The van der Waals surface area contributed by atoms with E-state index in [1.54, 1.807) is 0 Å². The molecule has 0 saturated heterocycles. The van der Waals surface area contributed by atoms with Gasteiger partial charge in [-0.25, -0.2) is 0 Å².